The molecule has 3 heterocycles. The zero-order chi connectivity index (χ0) is 23.4. The average molecular weight is 446 g/mol. The van der Waals surface area contributed by atoms with Gasteiger partial charge in [-0.05, 0) is 31.0 Å². The summed E-state index contributed by atoms with van der Waals surface area (Å²) in [7, 11) is 0. The van der Waals surface area contributed by atoms with E-state index in [0.29, 0.717) is 30.2 Å². The van der Waals surface area contributed by atoms with E-state index in [1.54, 1.807) is 17.9 Å². The maximum Gasteiger partial charge on any atom is 0.416 e. The largest absolute Gasteiger partial charge is 0.416 e. The van der Waals surface area contributed by atoms with Crippen LogP contribution in [0.5, 0.6) is 0 Å². The molecule has 1 aliphatic heterocycles. The lowest BCUT2D eigenvalue weighted by Crippen LogP contribution is -2.22. The Labute approximate surface area is 183 Å². The monoisotopic (exact) mass is 446 g/mol. The van der Waals surface area contributed by atoms with E-state index in [2.05, 4.69) is 20.5 Å². The van der Waals surface area contributed by atoms with Crippen molar-refractivity contribution in [2.24, 2.45) is 0 Å². The number of amides is 1. The number of fused-ring (bicyclic) bond motifs is 3. The zero-order valence-corrected chi connectivity index (χ0v) is 18.6. The Morgan fingerprint density at radius 3 is 2.50 bits per heavy atom. The first-order valence-corrected chi connectivity index (χ1v) is 10.4. The van der Waals surface area contributed by atoms with Crippen LogP contribution in [0.1, 0.15) is 73.4 Å². The van der Waals surface area contributed by atoms with Crippen molar-refractivity contribution in [3.05, 3.63) is 52.0 Å². The molecule has 2 aromatic heterocycles. The van der Waals surface area contributed by atoms with Gasteiger partial charge in [-0.25, -0.2) is 0 Å². The topological polar surface area (TPSA) is 75.4 Å². The third-order valence-corrected chi connectivity index (χ3v) is 5.94. The third kappa shape index (κ3) is 3.67. The molecular weight excluding hydrogens is 421 g/mol. The van der Waals surface area contributed by atoms with E-state index in [4.69, 9.17) is 0 Å². The predicted molar refractivity (Wildman–Crippen MR) is 113 cm³/mol. The van der Waals surface area contributed by atoms with Crippen LogP contribution in [0.4, 0.5) is 19.0 Å². The van der Waals surface area contributed by atoms with Gasteiger partial charge in [0.15, 0.2) is 0 Å². The number of rotatable bonds is 4. The molecule has 1 unspecified atom stereocenters. The number of carbonyl (C=O) groups excluding carboxylic acids is 1. The summed E-state index contributed by atoms with van der Waals surface area (Å²) in [6, 6.07) is 3.73. The van der Waals surface area contributed by atoms with E-state index >= 15 is 0 Å². The van der Waals surface area contributed by atoms with Gasteiger partial charge in [0.05, 0.1) is 30.4 Å². The van der Waals surface area contributed by atoms with Crippen LogP contribution in [0.3, 0.4) is 0 Å². The van der Waals surface area contributed by atoms with Gasteiger partial charge in [-0.1, -0.05) is 26.0 Å². The van der Waals surface area contributed by atoms with Gasteiger partial charge < -0.3 is 10.2 Å². The number of benzene rings is 1. The first-order valence-electron chi connectivity index (χ1n) is 10.4. The summed E-state index contributed by atoms with van der Waals surface area (Å²) in [4.78, 5) is 18.4. The molecule has 0 saturated heterocycles. The minimum absolute atomic E-state index is 0.0683. The van der Waals surface area contributed by atoms with Gasteiger partial charge >= 0.3 is 6.18 Å². The summed E-state index contributed by atoms with van der Waals surface area (Å²) in [5.74, 6) is 1.69. The molecule has 1 aliphatic rings. The van der Waals surface area contributed by atoms with Gasteiger partial charge in [0, 0.05) is 18.4 Å². The van der Waals surface area contributed by atoms with Crippen LogP contribution in [0.15, 0.2) is 18.2 Å². The van der Waals surface area contributed by atoms with Crippen molar-refractivity contribution in [2.75, 3.05) is 5.32 Å². The van der Waals surface area contributed by atoms with Crippen molar-refractivity contribution in [3.8, 4) is 0 Å². The van der Waals surface area contributed by atoms with Gasteiger partial charge in [0.25, 0.3) is 5.78 Å². The van der Waals surface area contributed by atoms with Crippen molar-refractivity contribution < 1.29 is 18.0 Å². The van der Waals surface area contributed by atoms with Crippen molar-refractivity contribution in [2.45, 2.75) is 65.8 Å². The number of halogens is 3. The maximum absolute atomic E-state index is 13.4. The predicted octanol–water partition coefficient (Wildman–Crippen LogP) is 4.61. The number of aromatic nitrogens is 4. The smallest absolute Gasteiger partial charge is 0.363 e. The fourth-order valence-corrected chi connectivity index (χ4v) is 4.25. The molecule has 1 N–H and O–H groups in total. The van der Waals surface area contributed by atoms with Crippen LogP contribution in [-0.4, -0.2) is 30.4 Å². The quantitative estimate of drug-likeness (QED) is 0.634. The summed E-state index contributed by atoms with van der Waals surface area (Å²) in [5.41, 5.74) is 1.74. The lowest BCUT2D eigenvalue weighted by molar-refractivity contribution is -0.138. The minimum atomic E-state index is -4.42. The minimum Gasteiger partial charge on any atom is -0.363 e. The Bertz CT molecular complexity index is 1200. The Morgan fingerprint density at radius 1 is 1.16 bits per heavy atom. The van der Waals surface area contributed by atoms with Crippen LogP contribution >= 0.6 is 0 Å². The van der Waals surface area contributed by atoms with Gasteiger partial charge in [0.1, 0.15) is 11.6 Å². The fourth-order valence-electron chi connectivity index (χ4n) is 4.25. The van der Waals surface area contributed by atoms with Crippen LogP contribution in [0, 0.1) is 6.92 Å². The van der Waals surface area contributed by atoms with Crippen LogP contribution in [0.2, 0.25) is 0 Å². The number of anilines is 1. The summed E-state index contributed by atoms with van der Waals surface area (Å²) in [6.07, 6.45) is -4.42. The van der Waals surface area contributed by atoms with E-state index in [0.717, 1.165) is 23.1 Å². The highest BCUT2D eigenvalue weighted by atomic mass is 19.4. The molecular formula is C22H25F3N6O. The highest BCUT2D eigenvalue weighted by molar-refractivity contribution is 5.75. The lowest BCUT2D eigenvalue weighted by Gasteiger charge is -2.21. The Balaban J connectivity index is 1.78. The Hall–Kier alpha value is -3.17. The molecule has 1 atom stereocenters. The van der Waals surface area contributed by atoms with Crippen molar-refractivity contribution in [1.29, 1.82) is 0 Å². The van der Waals surface area contributed by atoms with Crippen molar-refractivity contribution >= 4 is 17.5 Å². The number of nitrogens with zero attached hydrogens (tertiary/aromatic N) is 5. The molecule has 1 aromatic carbocycles. The van der Waals surface area contributed by atoms with E-state index in [-0.39, 0.29) is 17.4 Å². The number of alkyl halides is 3. The zero-order valence-electron chi connectivity index (χ0n) is 18.6. The molecule has 3 aromatic rings. The number of carbonyl (C=O) groups is 1. The molecule has 0 aliphatic carbocycles. The van der Waals surface area contributed by atoms with E-state index < -0.39 is 17.8 Å². The number of hydrogen-bond acceptors (Lipinski definition) is 5. The molecule has 170 valence electrons. The standard InChI is InChI=1S/C22H25F3N6O/c1-11(2)20-28-29-21-27-19(16-9-30(14(5)32)10-18(16)31(20)21)26-13(4)15-7-6-8-17(12(15)3)22(23,24)25/h6-8,11,13H,9-10H2,1-5H3,(H,26,27,29). The fraction of sp³-hybridized carbons (Fsp3) is 0.455. The second-order valence-electron chi connectivity index (χ2n) is 8.49. The molecule has 0 spiro atoms. The summed E-state index contributed by atoms with van der Waals surface area (Å²) >= 11 is 0. The maximum atomic E-state index is 13.4. The second kappa shape index (κ2) is 7.75. The van der Waals surface area contributed by atoms with E-state index in [1.807, 2.05) is 18.2 Å². The summed E-state index contributed by atoms with van der Waals surface area (Å²) in [5, 5.41) is 11.7. The molecule has 0 saturated carbocycles. The first-order chi connectivity index (χ1) is 15.0. The van der Waals surface area contributed by atoms with Gasteiger partial charge in [0.2, 0.25) is 5.91 Å². The number of nitrogens with one attached hydrogen (secondary N) is 1. The molecule has 0 bridgehead atoms. The van der Waals surface area contributed by atoms with Crippen LogP contribution < -0.4 is 5.32 Å². The van der Waals surface area contributed by atoms with Gasteiger partial charge in [-0.3, -0.25) is 9.20 Å². The molecule has 10 heteroatoms. The second-order valence-corrected chi connectivity index (χ2v) is 8.49. The highest BCUT2D eigenvalue weighted by Crippen LogP contribution is 2.36. The van der Waals surface area contributed by atoms with Crippen molar-refractivity contribution in [1.82, 2.24) is 24.5 Å². The third-order valence-electron chi connectivity index (χ3n) is 5.94. The highest BCUT2D eigenvalue weighted by Gasteiger charge is 2.34. The molecule has 4 rings (SSSR count). The summed E-state index contributed by atoms with van der Waals surface area (Å²) < 4.78 is 42.0. The Kier molecular flexibility index (Phi) is 5.34. The normalized spacial score (nSPS) is 14.8. The number of hydrogen-bond donors (Lipinski definition) is 1. The molecule has 0 fully saturated rings. The molecule has 0 radical (unpaired) electrons. The van der Waals surface area contributed by atoms with E-state index in [9.17, 15) is 18.0 Å². The van der Waals surface area contributed by atoms with Crippen LogP contribution in [-0.2, 0) is 24.1 Å². The molecule has 32 heavy (non-hydrogen) atoms. The first kappa shape index (κ1) is 22.0. The molecule has 1 amide bonds. The van der Waals surface area contributed by atoms with Crippen LogP contribution in [0.25, 0.3) is 5.78 Å². The SMILES string of the molecule is CC(=O)N1Cc2c(NC(C)c3cccc(C(F)(F)F)c3C)nc3nnc(C(C)C)n3c2C1. The van der Waals surface area contributed by atoms with Gasteiger partial charge in [-0.2, -0.15) is 18.2 Å². The summed E-state index contributed by atoms with van der Waals surface area (Å²) in [6.45, 7) is 9.54. The molecule has 7 nitrogen and oxygen atoms in total. The lowest BCUT2D eigenvalue weighted by atomic mass is 9.97. The Morgan fingerprint density at radius 2 is 1.88 bits per heavy atom. The average Bonchev–Trinajstić information content (AvgIpc) is 3.31. The van der Waals surface area contributed by atoms with Gasteiger partial charge in [-0.15, -0.1) is 10.2 Å². The van der Waals surface area contributed by atoms with E-state index in [1.165, 1.54) is 19.9 Å². The van der Waals surface area contributed by atoms with Crippen molar-refractivity contribution in [3.63, 3.8) is 0 Å².